The summed E-state index contributed by atoms with van der Waals surface area (Å²) in [5, 5.41) is 1.14. The maximum Gasteiger partial charge on any atom is 0.339 e. The van der Waals surface area contributed by atoms with Crippen molar-refractivity contribution in [2.24, 2.45) is 5.92 Å². The number of fused-ring (bicyclic) bond motifs is 4. The van der Waals surface area contributed by atoms with Crippen molar-refractivity contribution in [2.75, 3.05) is 0 Å². The maximum atomic E-state index is 12.4. The molecule has 0 N–H and O–H groups in total. The zero-order valence-corrected chi connectivity index (χ0v) is 15.0. The van der Waals surface area contributed by atoms with Gasteiger partial charge in [-0.05, 0) is 80.9 Å². The minimum Gasteiger partial charge on any atom is -0.487 e. The lowest BCUT2D eigenvalue weighted by Gasteiger charge is -2.43. The molecule has 0 unspecified atom stereocenters. The highest BCUT2D eigenvalue weighted by Gasteiger charge is 2.40. The van der Waals surface area contributed by atoms with Crippen LogP contribution < -0.4 is 10.4 Å². The summed E-state index contributed by atoms with van der Waals surface area (Å²) in [6, 6.07) is 4.25. The molecule has 1 aromatic carbocycles. The van der Waals surface area contributed by atoms with E-state index in [4.69, 9.17) is 9.15 Å². The van der Waals surface area contributed by atoms with Gasteiger partial charge in [-0.3, -0.25) is 0 Å². The predicted octanol–water partition coefficient (Wildman–Crippen LogP) is 4.95. The van der Waals surface area contributed by atoms with Crippen LogP contribution in [0.3, 0.4) is 0 Å². The summed E-state index contributed by atoms with van der Waals surface area (Å²) >= 11 is 0. The van der Waals surface area contributed by atoms with Crippen LogP contribution in [0.2, 0.25) is 0 Å². The second-order valence-corrected chi connectivity index (χ2v) is 8.50. The highest BCUT2D eigenvalue weighted by molar-refractivity contribution is 5.84. The van der Waals surface area contributed by atoms with Gasteiger partial charge in [-0.15, -0.1) is 0 Å². The fourth-order valence-corrected chi connectivity index (χ4v) is 5.38. The Morgan fingerprint density at radius 2 is 1.88 bits per heavy atom. The van der Waals surface area contributed by atoms with Gasteiger partial charge < -0.3 is 9.15 Å². The highest BCUT2D eigenvalue weighted by atomic mass is 16.5. The first-order chi connectivity index (χ1) is 12.1. The van der Waals surface area contributed by atoms with Gasteiger partial charge >= 0.3 is 5.63 Å². The Bertz CT molecular complexity index is 894. The topological polar surface area (TPSA) is 39.4 Å². The summed E-state index contributed by atoms with van der Waals surface area (Å²) in [6.45, 7) is 2.34. The SMILES string of the molecule is C[C@@H]1CCC[C@]2(CCc3cc4c5c(c(=O)oc4cc3O2)CCCC5)C1. The van der Waals surface area contributed by atoms with E-state index >= 15 is 0 Å². The second-order valence-electron chi connectivity index (χ2n) is 8.50. The van der Waals surface area contributed by atoms with E-state index in [2.05, 4.69) is 13.0 Å². The molecule has 2 atom stereocenters. The van der Waals surface area contributed by atoms with Crippen molar-refractivity contribution in [3.05, 3.63) is 39.2 Å². The summed E-state index contributed by atoms with van der Waals surface area (Å²) in [7, 11) is 0. The van der Waals surface area contributed by atoms with Crippen molar-refractivity contribution in [1.82, 2.24) is 0 Å². The Balaban J connectivity index is 1.61. The molecule has 0 saturated heterocycles. The molecule has 1 saturated carbocycles. The van der Waals surface area contributed by atoms with Gasteiger partial charge in [-0.1, -0.05) is 13.3 Å². The van der Waals surface area contributed by atoms with Crippen molar-refractivity contribution in [2.45, 2.75) is 76.7 Å². The van der Waals surface area contributed by atoms with Gasteiger partial charge in [0.15, 0.2) is 0 Å². The largest absolute Gasteiger partial charge is 0.487 e. The molecule has 2 aliphatic carbocycles. The summed E-state index contributed by atoms with van der Waals surface area (Å²) in [6.07, 6.45) is 11.2. The molecular weight excluding hydrogens is 312 g/mol. The van der Waals surface area contributed by atoms with Gasteiger partial charge in [0.2, 0.25) is 0 Å². The zero-order valence-electron chi connectivity index (χ0n) is 15.0. The second kappa shape index (κ2) is 5.62. The van der Waals surface area contributed by atoms with E-state index in [9.17, 15) is 4.79 Å². The molecule has 1 aliphatic heterocycles. The monoisotopic (exact) mass is 338 g/mol. The minimum absolute atomic E-state index is 0.00679. The molecule has 0 amide bonds. The van der Waals surface area contributed by atoms with Crippen molar-refractivity contribution in [3.8, 4) is 5.75 Å². The van der Waals surface area contributed by atoms with E-state index in [-0.39, 0.29) is 11.2 Å². The van der Waals surface area contributed by atoms with Crippen LogP contribution in [0.4, 0.5) is 0 Å². The number of hydrogen-bond acceptors (Lipinski definition) is 3. The molecule has 132 valence electrons. The summed E-state index contributed by atoms with van der Waals surface area (Å²) in [4.78, 5) is 12.4. The lowest BCUT2D eigenvalue weighted by Crippen LogP contribution is -2.43. The van der Waals surface area contributed by atoms with Gasteiger partial charge in [0, 0.05) is 17.0 Å². The van der Waals surface area contributed by atoms with E-state index in [1.165, 1.54) is 30.4 Å². The molecule has 0 radical (unpaired) electrons. The molecule has 1 fully saturated rings. The minimum atomic E-state index is -0.140. The summed E-state index contributed by atoms with van der Waals surface area (Å²) in [5.74, 6) is 1.69. The number of aryl methyl sites for hydroxylation is 2. The molecular formula is C22H26O3. The standard InChI is InChI=1S/C22H26O3/c1-14-5-4-9-22(13-14)10-8-15-11-18-16-6-2-3-7-17(16)21(23)24-20(18)12-19(15)25-22/h11-12,14H,2-10,13H2,1H3/t14-,22+/m1/s1. The Morgan fingerprint density at radius 3 is 2.72 bits per heavy atom. The lowest BCUT2D eigenvalue weighted by molar-refractivity contribution is -0.00579. The molecule has 5 rings (SSSR count). The molecule has 25 heavy (non-hydrogen) atoms. The molecule has 3 heteroatoms. The van der Waals surface area contributed by atoms with E-state index in [0.29, 0.717) is 5.58 Å². The highest BCUT2D eigenvalue weighted by Crippen LogP contribution is 2.45. The van der Waals surface area contributed by atoms with Gasteiger partial charge in [-0.25, -0.2) is 4.79 Å². The average Bonchev–Trinajstić information content (AvgIpc) is 2.60. The zero-order chi connectivity index (χ0) is 17.0. The molecule has 3 nitrogen and oxygen atoms in total. The fourth-order valence-electron chi connectivity index (χ4n) is 5.38. The normalized spacial score (nSPS) is 28.4. The van der Waals surface area contributed by atoms with E-state index in [0.717, 1.165) is 67.6 Å². The quantitative estimate of drug-likeness (QED) is 0.638. The van der Waals surface area contributed by atoms with Crippen LogP contribution in [-0.4, -0.2) is 5.60 Å². The lowest BCUT2D eigenvalue weighted by atomic mass is 9.74. The number of rotatable bonds is 0. The number of ether oxygens (including phenoxy) is 1. The van der Waals surface area contributed by atoms with Crippen LogP contribution in [0.1, 0.15) is 68.6 Å². The Labute approximate surface area is 148 Å². The van der Waals surface area contributed by atoms with Crippen LogP contribution in [0, 0.1) is 5.92 Å². The summed E-state index contributed by atoms with van der Waals surface area (Å²) in [5.41, 5.74) is 4.01. The molecule has 0 bridgehead atoms. The van der Waals surface area contributed by atoms with Crippen molar-refractivity contribution in [3.63, 3.8) is 0 Å². The first kappa shape index (κ1) is 15.5. The molecule has 2 heterocycles. The number of benzene rings is 1. The molecule has 3 aliphatic rings. The van der Waals surface area contributed by atoms with E-state index < -0.39 is 0 Å². The van der Waals surface area contributed by atoms with Crippen LogP contribution in [0.5, 0.6) is 5.75 Å². The van der Waals surface area contributed by atoms with E-state index in [1.807, 2.05) is 6.07 Å². The molecule has 1 spiro atoms. The third kappa shape index (κ3) is 2.51. The van der Waals surface area contributed by atoms with Crippen LogP contribution >= 0.6 is 0 Å². The van der Waals surface area contributed by atoms with Crippen LogP contribution in [0.15, 0.2) is 21.3 Å². The average molecular weight is 338 g/mol. The molecule has 1 aromatic heterocycles. The van der Waals surface area contributed by atoms with Gasteiger partial charge in [0.05, 0.1) is 0 Å². The summed E-state index contributed by atoms with van der Waals surface area (Å²) < 4.78 is 12.2. The van der Waals surface area contributed by atoms with E-state index in [1.54, 1.807) is 0 Å². The first-order valence-corrected chi connectivity index (χ1v) is 9.94. The number of hydrogen-bond donors (Lipinski definition) is 0. The smallest absolute Gasteiger partial charge is 0.339 e. The van der Waals surface area contributed by atoms with Gasteiger partial charge in [0.1, 0.15) is 16.9 Å². The van der Waals surface area contributed by atoms with Crippen LogP contribution in [-0.2, 0) is 19.3 Å². The van der Waals surface area contributed by atoms with Crippen molar-refractivity contribution in [1.29, 1.82) is 0 Å². The van der Waals surface area contributed by atoms with Gasteiger partial charge in [0.25, 0.3) is 0 Å². The Morgan fingerprint density at radius 1 is 1.04 bits per heavy atom. The van der Waals surface area contributed by atoms with Crippen LogP contribution in [0.25, 0.3) is 11.0 Å². The third-order valence-electron chi connectivity index (χ3n) is 6.63. The Kier molecular flexibility index (Phi) is 3.48. The fraction of sp³-hybridized carbons (Fsp3) is 0.591. The van der Waals surface area contributed by atoms with Crippen molar-refractivity contribution < 1.29 is 9.15 Å². The first-order valence-electron chi connectivity index (χ1n) is 9.94. The van der Waals surface area contributed by atoms with Gasteiger partial charge in [-0.2, -0.15) is 0 Å². The predicted molar refractivity (Wildman–Crippen MR) is 98.4 cm³/mol. The van der Waals surface area contributed by atoms with Crippen molar-refractivity contribution >= 4 is 11.0 Å². The Hall–Kier alpha value is -1.77. The molecule has 2 aromatic rings. The third-order valence-corrected chi connectivity index (χ3v) is 6.63. The maximum absolute atomic E-state index is 12.4.